The number of unbranched alkanes of at least 4 members (excludes halogenated alkanes) is 1. The summed E-state index contributed by atoms with van der Waals surface area (Å²) in [5, 5.41) is 98.5. The Morgan fingerprint density at radius 1 is 0.604 bits per heavy atom. The summed E-state index contributed by atoms with van der Waals surface area (Å²) < 4.78 is 0. The Hall–Kier alpha value is -7.50. The molecule has 1 radical (unpaired) electrons. The second kappa shape index (κ2) is 42.8. The number of hydrogen-bond donors (Lipinski definition) is 14. The van der Waals surface area contributed by atoms with Gasteiger partial charge in [-0.15, -0.1) is 0 Å². The Kier molecular flexibility index (Phi) is 35.7. The summed E-state index contributed by atoms with van der Waals surface area (Å²) in [6.45, 7) is 0.342. The van der Waals surface area contributed by atoms with Crippen molar-refractivity contribution in [1.82, 2.24) is 67.1 Å². The van der Waals surface area contributed by atoms with Crippen LogP contribution in [0.3, 0.4) is 0 Å². The van der Waals surface area contributed by atoms with Crippen molar-refractivity contribution in [3.63, 3.8) is 0 Å². The van der Waals surface area contributed by atoms with Crippen molar-refractivity contribution in [2.24, 2.45) is 5.73 Å². The SMILES string of the molecule is C[C@@H](O)[C@H](NC(=O)[C@@H]1CSSC[C@H](NC(=O)[C@@H](Cc2ccccc2)NC(=O)CN2CCN(CC(=O)[O-])CCN(CC(=O)[O-])CCN(CC(=O)[O-])CC2)C(=O)N[C@@H](Cc2ccc(O)cc2)C(=O)N[C@H](Cc2c[nH]c3ccccc23)C(=O)N[C@@H](CCCCN)C(=O)N[C@@H]([C@@H](C)O)C(=O)N1)C(=O)O.[225Ac]. The van der Waals surface area contributed by atoms with Crippen LogP contribution in [-0.2, 0) is 76.8 Å². The zero-order chi connectivity index (χ0) is 73.0. The Morgan fingerprint density at radius 3 is 1.66 bits per heavy atom. The first-order chi connectivity index (χ1) is 47.7. The molecule has 0 aliphatic carbocycles. The molecule has 33 nitrogen and oxygen atoms in total. The third kappa shape index (κ3) is 28.7. The van der Waals surface area contributed by atoms with Crippen LogP contribution in [0.1, 0.15) is 49.8 Å². The molecule has 10 atom stereocenters. The van der Waals surface area contributed by atoms with Crippen molar-refractivity contribution in [1.29, 1.82) is 0 Å². The number of H-pyrrole nitrogens is 1. The summed E-state index contributed by atoms with van der Waals surface area (Å²) in [6, 6.07) is 7.74. The smallest absolute Gasteiger partial charge is 0.328 e. The Labute approximate surface area is 626 Å². The molecule has 2 aliphatic heterocycles. The Balaban J connectivity index is 0.0000184. The minimum absolute atomic E-state index is 0. The standard InChI is InChI=1S/C65H90N14O19S2.Ac/c1-38(80)56-64(96)73-51(63(95)75-57(39(2)81)65(97)98)37-100-99-36-50(72-59(91)47(28-40-10-4-3-5-11-40)68-52(83)32-76-20-22-77(33-53(84)85)24-26-79(35-55(88)89)27-25-78(23-21-76)34-54(86)87)62(94)70-48(29-41-15-17-43(82)18-16-41)60(92)71-49(30-42-31-67-45-13-7-6-12-44(42)45)61(93)69-46(58(90)74-56)14-8-9-19-66;/h3-7,10-13,15-18,31,38-39,46-51,56-57,67,80-82H,8-9,14,19-30,32-37,66H2,1-2H3,(H,68,83)(H,69,93)(H,70,94)(H,71,92)(H,72,91)(H,73,96)(H,74,90)(H,75,95)(H,84,85)(H,86,87)(H,88,89)(H,97,98);/p-3/t38-,39-,46+,47-,48+,49-,50+,51+,56+,57+;/m1./s1/i;1-2. The summed E-state index contributed by atoms with van der Waals surface area (Å²) in [4.78, 5) is 175. The third-order valence-electron chi connectivity index (χ3n) is 16.5. The van der Waals surface area contributed by atoms with Gasteiger partial charge >= 0.3 is 5.97 Å². The Bertz CT molecular complexity index is 3420. The molecule has 8 amide bonds. The first-order valence-corrected chi connectivity index (χ1v) is 35.0. The number of aromatic nitrogens is 1. The van der Waals surface area contributed by atoms with Gasteiger partial charge in [0.15, 0.2) is 6.04 Å². The fourth-order valence-electron chi connectivity index (χ4n) is 11.1. The molecule has 1 aromatic heterocycles. The predicted octanol–water partition coefficient (Wildman–Crippen LogP) is -7.38. The van der Waals surface area contributed by atoms with Crippen molar-refractivity contribution < 1.29 is 137 Å². The van der Waals surface area contributed by atoms with E-state index in [1.54, 1.807) is 65.7 Å². The monoisotopic (exact) mass is 1660 g/mol. The molecule has 3 heterocycles. The number of carbonyl (C=O) groups excluding carboxylic acids is 11. The van der Waals surface area contributed by atoms with Crippen LogP contribution in [-0.4, -0.2) is 273 Å². The zero-order valence-corrected chi connectivity index (χ0v) is 62.3. The van der Waals surface area contributed by atoms with Gasteiger partial charge in [-0.05, 0) is 74.5 Å². The first kappa shape index (κ1) is 84.2. The quantitative estimate of drug-likeness (QED) is 0.0205. The number of phenolic OH excluding ortho intramolecular Hbond substituents is 1. The largest absolute Gasteiger partial charge is 0.549 e. The molecule has 0 saturated carbocycles. The maximum Gasteiger partial charge on any atom is 0.328 e. The van der Waals surface area contributed by atoms with Crippen LogP contribution in [0.25, 0.3) is 10.9 Å². The number of nitrogens with zero attached hydrogens (tertiary/aromatic N) is 4. The molecule has 2 aliphatic rings. The van der Waals surface area contributed by atoms with E-state index >= 15 is 14.4 Å². The van der Waals surface area contributed by atoms with E-state index < -0.39 is 169 Å². The number of carboxylic acid groups (broad SMARTS) is 4. The number of aliphatic hydroxyl groups is 2. The number of benzene rings is 3. The first-order valence-electron chi connectivity index (χ1n) is 32.5. The van der Waals surface area contributed by atoms with Crippen molar-refractivity contribution >= 4 is 104 Å². The average molecular weight is 1660 g/mol. The van der Waals surface area contributed by atoms with Gasteiger partial charge < -0.3 is 103 Å². The fraction of sp³-hybridized carbons (Fsp3) is 0.508. The van der Waals surface area contributed by atoms with Crippen LogP contribution in [0.5, 0.6) is 5.75 Å². The number of aliphatic hydroxyl groups excluding tert-OH is 2. The van der Waals surface area contributed by atoms with Crippen LogP contribution in [0.15, 0.2) is 85.1 Å². The number of aromatic hydroxyl groups is 1. The number of fused-ring (bicyclic) bond motifs is 1. The van der Waals surface area contributed by atoms with Gasteiger partial charge in [0.25, 0.3) is 0 Å². The topological polar surface area (TPSA) is 506 Å². The maximum atomic E-state index is 15.3. The van der Waals surface area contributed by atoms with E-state index in [0.717, 1.165) is 35.4 Å². The van der Waals surface area contributed by atoms with Crippen LogP contribution < -0.4 is 63.6 Å². The molecule has 36 heteroatoms. The van der Waals surface area contributed by atoms with Crippen LogP contribution in [0, 0.1) is 44.1 Å². The molecule has 549 valence electrons. The van der Waals surface area contributed by atoms with Gasteiger partial charge in [0.05, 0.1) is 36.7 Å². The van der Waals surface area contributed by atoms with Crippen LogP contribution in [0.2, 0.25) is 0 Å². The number of carboxylic acids is 4. The van der Waals surface area contributed by atoms with E-state index in [9.17, 15) is 78.9 Å². The molecule has 15 N–H and O–H groups in total. The number of hydrogen-bond acceptors (Lipinski definition) is 25. The molecule has 6 rings (SSSR count). The van der Waals surface area contributed by atoms with E-state index in [2.05, 4.69) is 47.5 Å². The van der Waals surface area contributed by atoms with Gasteiger partial charge in [-0.3, -0.25) is 58.0 Å². The number of nitrogens with one attached hydrogen (secondary N) is 9. The van der Waals surface area contributed by atoms with Crippen molar-refractivity contribution in [2.45, 2.75) is 113 Å². The molecule has 101 heavy (non-hydrogen) atoms. The summed E-state index contributed by atoms with van der Waals surface area (Å²) in [6.07, 6.45) is -1.98. The molecule has 2 saturated heterocycles. The average Bonchev–Trinajstić information content (AvgIpc) is 1.75. The van der Waals surface area contributed by atoms with Crippen molar-refractivity contribution in [3.05, 3.63) is 102 Å². The van der Waals surface area contributed by atoms with Gasteiger partial charge in [-0.1, -0.05) is 82.3 Å². The summed E-state index contributed by atoms with van der Waals surface area (Å²) in [7, 11) is 1.64. The van der Waals surface area contributed by atoms with Crippen LogP contribution >= 0.6 is 21.6 Å². The van der Waals surface area contributed by atoms with Gasteiger partial charge in [0.1, 0.15) is 48.0 Å². The van der Waals surface area contributed by atoms with Crippen LogP contribution in [0.4, 0.5) is 0 Å². The van der Waals surface area contributed by atoms with Gasteiger partial charge in [0, 0.05) is 164 Å². The Morgan fingerprint density at radius 2 is 1.12 bits per heavy atom. The normalized spacial score (nSPS) is 21.7. The number of nitrogens with two attached hydrogens (primary N) is 1. The van der Waals surface area contributed by atoms with E-state index in [-0.39, 0.29) is 141 Å². The van der Waals surface area contributed by atoms with Crippen molar-refractivity contribution in [2.75, 3.05) is 96.6 Å². The molecule has 0 spiro atoms. The number of para-hydroxylation sites is 1. The fourth-order valence-corrected chi connectivity index (χ4v) is 13.4. The second-order valence-electron chi connectivity index (χ2n) is 24.4. The molecule has 4 aromatic rings. The summed E-state index contributed by atoms with van der Waals surface area (Å²) in [5.74, 6) is -14.9. The molecule has 2 fully saturated rings. The van der Waals surface area contributed by atoms with E-state index in [0.29, 0.717) is 34.0 Å². The second-order valence-corrected chi connectivity index (χ2v) is 27.0. The summed E-state index contributed by atoms with van der Waals surface area (Å²) >= 11 is 0. The van der Waals surface area contributed by atoms with E-state index in [1.165, 1.54) is 39.0 Å². The minimum atomic E-state index is -1.91. The number of phenols is 1. The number of carbonyl (C=O) groups is 12. The van der Waals surface area contributed by atoms with E-state index in [1.807, 2.05) is 0 Å². The number of aromatic amines is 1. The number of rotatable bonds is 26. The molecular formula is C65H87AcN14O19S2-3. The van der Waals surface area contributed by atoms with E-state index in [4.69, 9.17) is 5.73 Å². The number of aliphatic carboxylic acids is 4. The number of amides is 8. The third-order valence-corrected chi connectivity index (χ3v) is 19.0. The zero-order valence-electron chi connectivity index (χ0n) is 55.9. The predicted molar refractivity (Wildman–Crippen MR) is 359 cm³/mol. The van der Waals surface area contributed by atoms with Gasteiger partial charge in [0.2, 0.25) is 47.3 Å². The molecular weight excluding hydrogens is 1570 g/mol. The maximum absolute atomic E-state index is 15.3. The molecule has 3 aromatic carbocycles. The van der Waals surface area contributed by atoms with Gasteiger partial charge in [-0.25, -0.2) is 4.79 Å². The molecule has 0 unspecified atom stereocenters. The summed E-state index contributed by atoms with van der Waals surface area (Å²) in [5.41, 5.74) is 7.92. The minimum Gasteiger partial charge on any atom is -0.549 e. The van der Waals surface area contributed by atoms with Crippen molar-refractivity contribution in [3.8, 4) is 5.75 Å². The molecule has 0 bridgehead atoms. The van der Waals surface area contributed by atoms with Gasteiger partial charge in [-0.2, -0.15) is 0 Å².